The molecule has 0 aliphatic heterocycles. The molecule has 9 heavy (non-hydrogen) atoms. The fourth-order valence-electron chi connectivity index (χ4n) is 0.544. The van der Waals surface area contributed by atoms with Crippen molar-refractivity contribution in [1.82, 2.24) is 0 Å². The van der Waals surface area contributed by atoms with Gasteiger partial charge < -0.3 is 0 Å². The van der Waals surface area contributed by atoms with Crippen LogP contribution in [0.5, 0.6) is 0 Å². The van der Waals surface area contributed by atoms with E-state index in [1.54, 1.807) is 6.21 Å². The van der Waals surface area contributed by atoms with Gasteiger partial charge in [0.2, 0.25) is 0 Å². The summed E-state index contributed by atoms with van der Waals surface area (Å²) in [5, 5.41) is 0. The Kier molecular flexibility index (Phi) is 4.79. The summed E-state index contributed by atoms with van der Waals surface area (Å²) >= 11 is 0. The Morgan fingerprint density at radius 2 is 2.33 bits per heavy atom. The van der Waals surface area contributed by atoms with E-state index >= 15 is 0 Å². The third kappa shape index (κ3) is 5.01. The van der Waals surface area contributed by atoms with Crippen molar-refractivity contribution in [1.29, 1.82) is 0 Å². The van der Waals surface area contributed by atoms with Crippen LogP contribution >= 0.6 is 0 Å². The van der Waals surface area contributed by atoms with E-state index in [0.29, 0.717) is 0 Å². The molecule has 0 rings (SSSR count). The Morgan fingerprint density at radius 3 is 2.78 bits per heavy atom. The molecule has 0 radical (unpaired) electrons. The number of allylic oxidation sites excluding steroid dienone is 1. The highest BCUT2D eigenvalue weighted by Gasteiger charge is 1.83. The SMILES string of the molecule is C=CN=CC(=C)CCC. The summed E-state index contributed by atoms with van der Waals surface area (Å²) in [5.74, 6) is 0. The first-order chi connectivity index (χ1) is 4.31. The fourth-order valence-corrected chi connectivity index (χ4v) is 0.544. The lowest BCUT2D eigenvalue weighted by Gasteiger charge is -1.90. The molecule has 0 amide bonds. The molecule has 50 valence electrons. The lowest BCUT2D eigenvalue weighted by atomic mass is 10.2. The maximum Gasteiger partial charge on any atom is 0.0293 e. The van der Waals surface area contributed by atoms with Crippen LogP contribution in [-0.2, 0) is 0 Å². The Labute approximate surface area is 56.8 Å². The molecule has 0 aromatic heterocycles. The van der Waals surface area contributed by atoms with Gasteiger partial charge in [0.1, 0.15) is 0 Å². The Balaban J connectivity index is 3.49. The Morgan fingerprint density at radius 1 is 1.67 bits per heavy atom. The zero-order valence-corrected chi connectivity index (χ0v) is 5.93. The third-order valence-electron chi connectivity index (χ3n) is 0.934. The molecule has 0 heterocycles. The van der Waals surface area contributed by atoms with Crippen LogP contribution in [-0.4, -0.2) is 6.21 Å². The van der Waals surface area contributed by atoms with E-state index in [9.17, 15) is 0 Å². The van der Waals surface area contributed by atoms with E-state index in [4.69, 9.17) is 0 Å². The minimum atomic E-state index is 1.03. The van der Waals surface area contributed by atoms with Gasteiger partial charge in [-0.25, -0.2) is 0 Å². The van der Waals surface area contributed by atoms with Crippen molar-refractivity contribution in [3.8, 4) is 0 Å². The summed E-state index contributed by atoms with van der Waals surface area (Å²) in [6.45, 7) is 9.36. The molecule has 0 saturated heterocycles. The second kappa shape index (κ2) is 5.29. The first-order valence-corrected chi connectivity index (χ1v) is 3.13. The second-order valence-electron chi connectivity index (χ2n) is 1.87. The van der Waals surface area contributed by atoms with Gasteiger partial charge in [-0.3, -0.25) is 4.99 Å². The average molecular weight is 123 g/mol. The molecule has 0 aromatic rings. The normalized spacial score (nSPS) is 9.89. The van der Waals surface area contributed by atoms with Crippen LogP contribution in [0.4, 0.5) is 0 Å². The molecule has 0 aliphatic rings. The summed E-state index contributed by atoms with van der Waals surface area (Å²) < 4.78 is 0. The lowest BCUT2D eigenvalue weighted by Crippen LogP contribution is -1.79. The van der Waals surface area contributed by atoms with E-state index in [0.717, 1.165) is 18.4 Å². The van der Waals surface area contributed by atoms with Crippen molar-refractivity contribution >= 4 is 6.21 Å². The number of rotatable bonds is 4. The summed E-state index contributed by atoms with van der Waals surface area (Å²) in [7, 11) is 0. The van der Waals surface area contributed by atoms with E-state index < -0.39 is 0 Å². The van der Waals surface area contributed by atoms with Crippen LogP contribution in [0.25, 0.3) is 0 Å². The van der Waals surface area contributed by atoms with Crippen LogP contribution in [0, 0.1) is 0 Å². The predicted molar refractivity (Wildman–Crippen MR) is 42.7 cm³/mol. The second-order valence-corrected chi connectivity index (χ2v) is 1.87. The van der Waals surface area contributed by atoms with Crippen molar-refractivity contribution in [3.05, 3.63) is 24.9 Å². The zero-order chi connectivity index (χ0) is 7.11. The van der Waals surface area contributed by atoms with E-state index in [1.807, 2.05) is 0 Å². The molecule has 0 aliphatic carbocycles. The van der Waals surface area contributed by atoms with Crippen LogP contribution in [0.2, 0.25) is 0 Å². The molecule has 0 unspecified atom stereocenters. The summed E-state index contributed by atoms with van der Waals surface area (Å²) in [4.78, 5) is 3.83. The minimum absolute atomic E-state index is 1.03. The van der Waals surface area contributed by atoms with Gasteiger partial charge in [-0.05, 0) is 12.0 Å². The maximum absolute atomic E-state index is 3.83. The summed E-state index contributed by atoms with van der Waals surface area (Å²) in [6.07, 6.45) is 5.41. The molecule has 0 fully saturated rings. The van der Waals surface area contributed by atoms with Gasteiger partial charge in [-0.2, -0.15) is 0 Å². The monoisotopic (exact) mass is 123 g/mol. The molecular weight excluding hydrogens is 110 g/mol. The van der Waals surface area contributed by atoms with Gasteiger partial charge in [0.05, 0.1) is 0 Å². The molecule has 0 saturated carbocycles. The third-order valence-corrected chi connectivity index (χ3v) is 0.934. The lowest BCUT2D eigenvalue weighted by molar-refractivity contribution is 0.942. The number of hydrogen-bond acceptors (Lipinski definition) is 1. The average Bonchev–Trinajstić information content (AvgIpc) is 1.85. The van der Waals surface area contributed by atoms with E-state index in [-0.39, 0.29) is 0 Å². The number of nitrogens with zero attached hydrogens (tertiary/aromatic N) is 1. The maximum atomic E-state index is 3.83. The predicted octanol–water partition coefficient (Wildman–Crippen LogP) is 2.56. The zero-order valence-electron chi connectivity index (χ0n) is 5.93. The van der Waals surface area contributed by atoms with Crippen LogP contribution < -0.4 is 0 Å². The largest absolute Gasteiger partial charge is 0.265 e. The van der Waals surface area contributed by atoms with Crippen molar-refractivity contribution in [2.45, 2.75) is 19.8 Å². The van der Waals surface area contributed by atoms with Gasteiger partial charge >= 0.3 is 0 Å². The number of aliphatic imine (C=N–C) groups is 1. The standard InChI is InChI=1S/C8H13N/c1-4-6-8(3)7-9-5-2/h5,7H,2-4,6H2,1H3. The smallest absolute Gasteiger partial charge is 0.0293 e. The molecule has 0 spiro atoms. The summed E-state index contributed by atoms with van der Waals surface area (Å²) in [6, 6.07) is 0. The van der Waals surface area contributed by atoms with Gasteiger partial charge in [0.15, 0.2) is 0 Å². The Bertz CT molecular complexity index is 123. The van der Waals surface area contributed by atoms with Crippen molar-refractivity contribution in [2.75, 3.05) is 0 Å². The van der Waals surface area contributed by atoms with Gasteiger partial charge in [0.25, 0.3) is 0 Å². The topological polar surface area (TPSA) is 12.4 Å². The van der Waals surface area contributed by atoms with Crippen molar-refractivity contribution < 1.29 is 0 Å². The van der Waals surface area contributed by atoms with Crippen molar-refractivity contribution in [3.63, 3.8) is 0 Å². The van der Waals surface area contributed by atoms with Crippen LogP contribution in [0.15, 0.2) is 29.9 Å². The fraction of sp³-hybridized carbons (Fsp3) is 0.375. The van der Waals surface area contributed by atoms with Gasteiger partial charge in [-0.1, -0.05) is 26.5 Å². The molecule has 0 aromatic carbocycles. The molecule has 0 N–H and O–H groups in total. The number of hydrogen-bond donors (Lipinski definition) is 0. The first kappa shape index (κ1) is 8.15. The highest BCUT2D eigenvalue weighted by atomic mass is 14.7. The molecule has 0 bridgehead atoms. The van der Waals surface area contributed by atoms with Gasteiger partial charge in [-0.15, -0.1) is 0 Å². The van der Waals surface area contributed by atoms with Crippen LogP contribution in [0.3, 0.4) is 0 Å². The quantitative estimate of drug-likeness (QED) is 0.509. The van der Waals surface area contributed by atoms with Crippen LogP contribution in [0.1, 0.15) is 19.8 Å². The molecule has 1 nitrogen and oxygen atoms in total. The molecule has 1 heteroatoms. The molecular formula is C8H13N. The highest BCUT2D eigenvalue weighted by molar-refractivity contribution is 5.77. The minimum Gasteiger partial charge on any atom is -0.265 e. The Hall–Kier alpha value is -0.850. The highest BCUT2D eigenvalue weighted by Crippen LogP contribution is 1.97. The summed E-state index contributed by atoms with van der Waals surface area (Å²) in [5.41, 5.74) is 1.07. The molecule has 0 atom stereocenters. The van der Waals surface area contributed by atoms with Gasteiger partial charge in [0, 0.05) is 12.4 Å². The first-order valence-electron chi connectivity index (χ1n) is 3.13. The van der Waals surface area contributed by atoms with Crippen molar-refractivity contribution in [2.24, 2.45) is 4.99 Å². The van der Waals surface area contributed by atoms with E-state index in [1.165, 1.54) is 6.20 Å². The van der Waals surface area contributed by atoms with E-state index in [2.05, 4.69) is 25.1 Å².